The van der Waals surface area contributed by atoms with Crippen LogP contribution in [0, 0.1) is 6.92 Å². The van der Waals surface area contributed by atoms with E-state index in [1.165, 1.54) is 0 Å². The molecule has 1 fully saturated rings. The van der Waals surface area contributed by atoms with Gasteiger partial charge >= 0.3 is 0 Å². The highest BCUT2D eigenvalue weighted by Gasteiger charge is 2.29. The van der Waals surface area contributed by atoms with Crippen molar-refractivity contribution < 1.29 is 9.21 Å². The highest BCUT2D eigenvalue weighted by Crippen LogP contribution is 2.20. The SMILES string of the molecule is Cc1ccc(CNC2CCCN(c3cccnc3)C2=O)o1. The number of hydrogen-bond acceptors (Lipinski definition) is 4. The fourth-order valence-corrected chi connectivity index (χ4v) is 2.64. The Morgan fingerprint density at radius 2 is 2.33 bits per heavy atom. The lowest BCUT2D eigenvalue weighted by Gasteiger charge is -2.32. The van der Waals surface area contributed by atoms with Crippen molar-refractivity contribution in [3.63, 3.8) is 0 Å². The smallest absolute Gasteiger partial charge is 0.244 e. The molecule has 0 aliphatic carbocycles. The lowest BCUT2D eigenvalue weighted by atomic mass is 10.0. The van der Waals surface area contributed by atoms with Gasteiger partial charge in [0.1, 0.15) is 11.5 Å². The Kier molecular flexibility index (Phi) is 4.01. The summed E-state index contributed by atoms with van der Waals surface area (Å²) >= 11 is 0. The van der Waals surface area contributed by atoms with E-state index >= 15 is 0 Å². The van der Waals surface area contributed by atoms with Crippen molar-refractivity contribution in [2.45, 2.75) is 32.4 Å². The first-order valence-electron chi connectivity index (χ1n) is 7.24. The van der Waals surface area contributed by atoms with Gasteiger partial charge in [-0.1, -0.05) is 0 Å². The average molecular weight is 285 g/mol. The second-order valence-corrected chi connectivity index (χ2v) is 5.29. The number of nitrogens with zero attached hydrogens (tertiary/aromatic N) is 2. The molecule has 0 aromatic carbocycles. The maximum absolute atomic E-state index is 12.6. The third kappa shape index (κ3) is 3.13. The molecule has 1 aliphatic heterocycles. The van der Waals surface area contributed by atoms with E-state index in [-0.39, 0.29) is 11.9 Å². The number of anilines is 1. The van der Waals surface area contributed by atoms with E-state index in [9.17, 15) is 4.79 Å². The van der Waals surface area contributed by atoms with E-state index in [1.807, 2.05) is 36.1 Å². The van der Waals surface area contributed by atoms with Gasteiger partial charge in [0.15, 0.2) is 0 Å². The number of aryl methyl sites for hydroxylation is 1. The highest BCUT2D eigenvalue weighted by molar-refractivity contribution is 5.97. The fraction of sp³-hybridized carbons (Fsp3) is 0.375. The molecule has 2 aromatic rings. The number of aromatic nitrogens is 1. The Morgan fingerprint density at radius 1 is 1.43 bits per heavy atom. The molecule has 1 amide bonds. The zero-order chi connectivity index (χ0) is 14.7. The number of rotatable bonds is 4. The number of piperidine rings is 1. The molecule has 110 valence electrons. The lowest BCUT2D eigenvalue weighted by Crippen LogP contribution is -2.50. The first kappa shape index (κ1) is 13.8. The van der Waals surface area contributed by atoms with Gasteiger partial charge in [-0.15, -0.1) is 0 Å². The topological polar surface area (TPSA) is 58.4 Å². The van der Waals surface area contributed by atoms with Gasteiger partial charge in [-0.3, -0.25) is 15.1 Å². The van der Waals surface area contributed by atoms with Crippen LogP contribution in [0.5, 0.6) is 0 Å². The third-order valence-electron chi connectivity index (χ3n) is 3.71. The molecule has 5 nitrogen and oxygen atoms in total. The fourth-order valence-electron chi connectivity index (χ4n) is 2.64. The quantitative estimate of drug-likeness (QED) is 0.936. The summed E-state index contributed by atoms with van der Waals surface area (Å²) < 4.78 is 5.52. The summed E-state index contributed by atoms with van der Waals surface area (Å²) in [7, 11) is 0. The maximum Gasteiger partial charge on any atom is 0.244 e. The van der Waals surface area contributed by atoms with Crippen LogP contribution in [-0.4, -0.2) is 23.5 Å². The second-order valence-electron chi connectivity index (χ2n) is 5.29. The number of carbonyl (C=O) groups is 1. The maximum atomic E-state index is 12.6. The minimum atomic E-state index is -0.163. The zero-order valence-corrected chi connectivity index (χ0v) is 12.1. The number of pyridine rings is 1. The van der Waals surface area contributed by atoms with E-state index in [2.05, 4.69) is 10.3 Å². The van der Waals surface area contributed by atoms with Crippen LogP contribution in [0.4, 0.5) is 5.69 Å². The van der Waals surface area contributed by atoms with Crippen LogP contribution in [0.15, 0.2) is 41.1 Å². The van der Waals surface area contributed by atoms with Crippen molar-refractivity contribution in [1.82, 2.24) is 10.3 Å². The van der Waals surface area contributed by atoms with E-state index in [4.69, 9.17) is 4.42 Å². The van der Waals surface area contributed by atoms with Crippen LogP contribution in [0.1, 0.15) is 24.4 Å². The van der Waals surface area contributed by atoms with Crippen LogP contribution in [0.2, 0.25) is 0 Å². The molecule has 3 rings (SSSR count). The van der Waals surface area contributed by atoms with Gasteiger partial charge in [0.25, 0.3) is 0 Å². The second kappa shape index (κ2) is 6.10. The first-order valence-corrected chi connectivity index (χ1v) is 7.24. The number of furan rings is 1. The minimum Gasteiger partial charge on any atom is -0.465 e. The van der Waals surface area contributed by atoms with Crippen molar-refractivity contribution in [3.8, 4) is 0 Å². The lowest BCUT2D eigenvalue weighted by molar-refractivity contribution is -0.121. The average Bonchev–Trinajstić information content (AvgIpc) is 2.93. The predicted octanol–water partition coefficient (Wildman–Crippen LogP) is 2.27. The van der Waals surface area contributed by atoms with Gasteiger partial charge in [0, 0.05) is 12.7 Å². The summed E-state index contributed by atoms with van der Waals surface area (Å²) in [6.07, 6.45) is 5.29. The van der Waals surface area contributed by atoms with Gasteiger partial charge < -0.3 is 9.32 Å². The van der Waals surface area contributed by atoms with Gasteiger partial charge in [-0.05, 0) is 44.0 Å². The molecule has 2 aromatic heterocycles. The zero-order valence-electron chi connectivity index (χ0n) is 12.1. The van der Waals surface area contributed by atoms with Crippen molar-refractivity contribution in [2.75, 3.05) is 11.4 Å². The number of hydrogen-bond donors (Lipinski definition) is 1. The molecule has 5 heteroatoms. The van der Waals surface area contributed by atoms with Crippen molar-refractivity contribution >= 4 is 11.6 Å². The Labute approximate surface area is 124 Å². The normalized spacial score (nSPS) is 19.0. The molecule has 1 unspecified atom stereocenters. The first-order chi connectivity index (χ1) is 10.2. The molecule has 1 atom stereocenters. The van der Waals surface area contributed by atoms with Crippen LogP contribution in [0.25, 0.3) is 0 Å². The van der Waals surface area contributed by atoms with Gasteiger partial charge in [0.05, 0.1) is 24.5 Å². The molecule has 21 heavy (non-hydrogen) atoms. The number of carbonyl (C=O) groups excluding carboxylic acids is 1. The molecule has 0 saturated carbocycles. The van der Waals surface area contributed by atoms with Gasteiger partial charge in [-0.2, -0.15) is 0 Å². The van der Waals surface area contributed by atoms with Crippen LogP contribution in [0.3, 0.4) is 0 Å². The van der Waals surface area contributed by atoms with Crippen molar-refractivity contribution in [1.29, 1.82) is 0 Å². The largest absolute Gasteiger partial charge is 0.465 e. The van der Waals surface area contributed by atoms with Crippen molar-refractivity contribution in [2.24, 2.45) is 0 Å². The summed E-state index contributed by atoms with van der Waals surface area (Å²) in [4.78, 5) is 18.5. The van der Waals surface area contributed by atoms with Gasteiger partial charge in [0.2, 0.25) is 5.91 Å². The summed E-state index contributed by atoms with van der Waals surface area (Å²) in [5, 5.41) is 3.30. The number of amides is 1. The molecule has 1 N–H and O–H groups in total. The summed E-state index contributed by atoms with van der Waals surface area (Å²) in [6, 6.07) is 7.48. The molecule has 0 bridgehead atoms. The highest BCUT2D eigenvalue weighted by atomic mass is 16.3. The van der Waals surface area contributed by atoms with Crippen LogP contribution >= 0.6 is 0 Å². The monoisotopic (exact) mass is 285 g/mol. The summed E-state index contributed by atoms with van der Waals surface area (Å²) in [5.74, 6) is 1.86. The molecular weight excluding hydrogens is 266 g/mol. The van der Waals surface area contributed by atoms with Crippen LogP contribution < -0.4 is 10.2 Å². The van der Waals surface area contributed by atoms with Gasteiger partial charge in [-0.25, -0.2) is 0 Å². The minimum absolute atomic E-state index is 0.109. The molecular formula is C16H19N3O2. The number of nitrogens with one attached hydrogen (secondary N) is 1. The van der Waals surface area contributed by atoms with E-state index in [1.54, 1.807) is 12.4 Å². The van der Waals surface area contributed by atoms with Crippen LogP contribution in [-0.2, 0) is 11.3 Å². The van der Waals surface area contributed by atoms with E-state index < -0.39 is 0 Å². The molecule has 0 spiro atoms. The third-order valence-corrected chi connectivity index (χ3v) is 3.71. The predicted molar refractivity (Wildman–Crippen MR) is 79.9 cm³/mol. The molecule has 1 saturated heterocycles. The standard InChI is InChI=1S/C16H19N3O2/c1-12-6-7-14(21-12)11-18-15-5-3-9-19(16(15)20)13-4-2-8-17-10-13/h2,4,6-8,10,15,18H,3,5,9,11H2,1H3. The Morgan fingerprint density at radius 3 is 3.05 bits per heavy atom. The van der Waals surface area contributed by atoms with E-state index in [0.29, 0.717) is 6.54 Å². The van der Waals surface area contributed by atoms with E-state index in [0.717, 1.165) is 36.6 Å². The van der Waals surface area contributed by atoms with Crippen molar-refractivity contribution in [3.05, 3.63) is 48.2 Å². The molecule has 3 heterocycles. The molecule has 1 aliphatic rings. The Balaban J connectivity index is 1.65. The summed E-state index contributed by atoms with van der Waals surface area (Å²) in [6.45, 7) is 3.24. The Bertz CT molecular complexity index is 609. The molecule has 0 radical (unpaired) electrons. The Hall–Kier alpha value is -2.14. The summed E-state index contributed by atoms with van der Waals surface area (Å²) in [5.41, 5.74) is 0.864.